The zero-order chi connectivity index (χ0) is 21.8. The van der Waals surface area contributed by atoms with E-state index in [1.54, 1.807) is 16.9 Å². The van der Waals surface area contributed by atoms with Crippen molar-refractivity contribution in [3.63, 3.8) is 0 Å². The van der Waals surface area contributed by atoms with Crippen LogP contribution in [0.4, 0.5) is 0 Å². The Morgan fingerprint density at radius 2 is 1.97 bits per heavy atom. The molecule has 0 radical (unpaired) electrons. The Bertz CT molecular complexity index is 1380. The SMILES string of the molecule is Cc1nnn(C)c1-c1cnc2c3c(S(C)(=O)=O)cccc3n(CC3CCOCC3)c2c1. The molecule has 8 nitrogen and oxygen atoms in total. The Morgan fingerprint density at radius 1 is 1.19 bits per heavy atom. The van der Waals surface area contributed by atoms with E-state index in [1.165, 1.54) is 6.26 Å². The minimum Gasteiger partial charge on any atom is -0.381 e. The smallest absolute Gasteiger partial charge is 0.176 e. The molecule has 4 aromatic rings. The third-order valence-electron chi connectivity index (χ3n) is 6.14. The summed E-state index contributed by atoms with van der Waals surface area (Å²) < 4.78 is 34.6. The van der Waals surface area contributed by atoms with E-state index in [2.05, 4.69) is 20.9 Å². The summed E-state index contributed by atoms with van der Waals surface area (Å²) in [5, 5.41) is 8.97. The molecule has 4 heterocycles. The van der Waals surface area contributed by atoms with Gasteiger partial charge in [0.25, 0.3) is 0 Å². The molecule has 1 aliphatic rings. The number of aromatic nitrogens is 5. The number of pyridine rings is 1. The number of nitrogens with zero attached hydrogens (tertiary/aromatic N) is 5. The first-order chi connectivity index (χ1) is 14.8. The summed E-state index contributed by atoms with van der Waals surface area (Å²) in [4.78, 5) is 5.08. The Kier molecular flexibility index (Phi) is 4.82. The number of benzene rings is 1. The van der Waals surface area contributed by atoms with Crippen LogP contribution in [0.2, 0.25) is 0 Å². The summed E-state index contributed by atoms with van der Waals surface area (Å²) in [5.41, 5.74) is 5.17. The predicted octanol–water partition coefficient (Wildman–Crippen LogP) is 3.12. The van der Waals surface area contributed by atoms with Crippen LogP contribution in [0.25, 0.3) is 33.2 Å². The highest BCUT2D eigenvalue weighted by atomic mass is 32.2. The van der Waals surface area contributed by atoms with Gasteiger partial charge in [0.1, 0.15) is 0 Å². The summed E-state index contributed by atoms with van der Waals surface area (Å²) in [6, 6.07) is 7.55. The first kappa shape index (κ1) is 20.1. The molecule has 0 atom stereocenters. The molecule has 1 fully saturated rings. The Balaban J connectivity index is 1.80. The maximum absolute atomic E-state index is 12.6. The highest BCUT2D eigenvalue weighted by molar-refractivity contribution is 7.91. The fourth-order valence-electron chi connectivity index (χ4n) is 4.64. The van der Waals surface area contributed by atoms with Crippen molar-refractivity contribution in [1.29, 1.82) is 0 Å². The van der Waals surface area contributed by atoms with Crippen molar-refractivity contribution >= 4 is 31.8 Å². The normalized spacial score (nSPS) is 15.8. The van der Waals surface area contributed by atoms with E-state index in [9.17, 15) is 8.42 Å². The highest BCUT2D eigenvalue weighted by Gasteiger charge is 2.23. The molecule has 5 rings (SSSR count). The average Bonchev–Trinajstić information content (AvgIpc) is 3.24. The zero-order valence-corrected chi connectivity index (χ0v) is 18.7. The number of hydrogen-bond donors (Lipinski definition) is 0. The van der Waals surface area contributed by atoms with Crippen LogP contribution in [-0.2, 0) is 28.2 Å². The lowest BCUT2D eigenvalue weighted by atomic mass is 10.0. The summed E-state index contributed by atoms with van der Waals surface area (Å²) in [7, 11) is -1.54. The average molecular weight is 440 g/mol. The molecule has 9 heteroatoms. The molecule has 0 bridgehead atoms. The standard InChI is InChI=1S/C22H25N5O3S/c1-14-22(26(2)25-24-14)16-11-18-21(23-12-16)20-17(5-4-6-19(20)31(3,28)29)27(18)13-15-7-9-30-10-8-15/h4-6,11-12,15H,7-10,13H2,1-3H3. The van der Waals surface area contributed by atoms with Crippen molar-refractivity contribution in [2.75, 3.05) is 19.5 Å². The molecule has 0 spiro atoms. The lowest BCUT2D eigenvalue weighted by Gasteiger charge is -2.23. The molecular weight excluding hydrogens is 414 g/mol. The van der Waals surface area contributed by atoms with Crippen LogP contribution in [0.5, 0.6) is 0 Å². The summed E-state index contributed by atoms with van der Waals surface area (Å²) in [6.45, 7) is 4.25. The molecule has 162 valence electrons. The summed E-state index contributed by atoms with van der Waals surface area (Å²) in [6.07, 6.45) is 5.02. The van der Waals surface area contributed by atoms with Gasteiger partial charge in [0.15, 0.2) is 9.84 Å². The van der Waals surface area contributed by atoms with Crippen LogP contribution < -0.4 is 0 Å². The molecular formula is C22H25N5O3S. The number of hydrogen-bond acceptors (Lipinski definition) is 6. The maximum Gasteiger partial charge on any atom is 0.176 e. The van der Waals surface area contributed by atoms with Gasteiger partial charge in [-0.2, -0.15) is 0 Å². The van der Waals surface area contributed by atoms with Crippen LogP contribution in [0.15, 0.2) is 35.4 Å². The van der Waals surface area contributed by atoms with Crippen LogP contribution in [0.1, 0.15) is 18.5 Å². The van der Waals surface area contributed by atoms with Gasteiger partial charge >= 0.3 is 0 Å². The van der Waals surface area contributed by atoms with Gasteiger partial charge in [-0.3, -0.25) is 4.98 Å². The number of rotatable bonds is 4. The van der Waals surface area contributed by atoms with E-state index in [0.717, 1.165) is 60.6 Å². The topological polar surface area (TPSA) is 91.9 Å². The van der Waals surface area contributed by atoms with E-state index >= 15 is 0 Å². The fourth-order valence-corrected chi connectivity index (χ4v) is 5.54. The van der Waals surface area contributed by atoms with Gasteiger partial charge in [0, 0.05) is 50.2 Å². The van der Waals surface area contributed by atoms with Crippen molar-refractivity contribution in [2.45, 2.75) is 31.2 Å². The number of sulfone groups is 1. The molecule has 31 heavy (non-hydrogen) atoms. The third-order valence-corrected chi connectivity index (χ3v) is 7.28. The van der Waals surface area contributed by atoms with Gasteiger partial charge < -0.3 is 9.30 Å². The number of aryl methyl sites for hydroxylation is 2. The van der Waals surface area contributed by atoms with Crippen LogP contribution >= 0.6 is 0 Å². The van der Waals surface area contributed by atoms with Crippen molar-refractivity contribution < 1.29 is 13.2 Å². The summed E-state index contributed by atoms with van der Waals surface area (Å²) in [5.74, 6) is 0.471. The molecule has 0 N–H and O–H groups in total. The quantitative estimate of drug-likeness (QED) is 0.485. The van der Waals surface area contributed by atoms with Crippen molar-refractivity contribution in [1.82, 2.24) is 24.5 Å². The van der Waals surface area contributed by atoms with Gasteiger partial charge in [-0.25, -0.2) is 13.1 Å². The van der Waals surface area contributed by atoms with Crippen molar-refractivity contribution in [3.05, 3.63) is 36.2 Å². The predicted molar refractivity (Wildman–Crippen MR) is 119 cm³/mol. The van der Waals surface area contributed by atoms with Gasteiger partial charge in [0.05, 0.1) is 32.8 Å². The molecule has 0 unspecified atom stereocenters. The molecule has 0 amide bonds. The Morgan fingerprint density at radius 3 is 2.65 bits per heavy atom. The largest absolute Gasteiger partial charge is 0.381 e. The third kappa shape index (κ3) is 3.41. The lowest BCUT2D eigenvalue weighted by molar-refractivity contribution is 0.0620. The lowest BCUT2D eigenvalue weighted by Crippen LogP contribution is -2.20. The Labute approximate surface area is 180 Å². The van der Waals surface area contributed by atoms with Gasteiger partial charge in [-0.15, -0.1) is 5.10 Å². The van der Waals surface area contributed by atoms with Crippen molar-refractivity contribution in [3.8, 4) is 11.3 Å². The first-order valence-corrected chi connectivity index (χ1v) is 12.3. The van der Waals surface area contributed by atoms with E-state index < -0.39 is 9.84 Å². The van der Waals surface area contributed by atoms with Gasteiger partial charge in [0.2, 0.25) is 0 Å². The maximum atomic E-state index is 12.6. The minimum atomic E-state index is -3.40. The molecule has 0 saturated carbocycles. The van der Waals surface area contributed by atoms with E-state index in [-0.39, 0.29) is 0 Å². The number of fused-ring (bicyclic) bond motifs is 3. The second-order valence-electron chi connectivity index (χ2n) is 8.33. The van der Waals surface area contributed by atoms with E-state index in [4.69, 9.17) is 9.72 Å². The summed E-state index contributed by atoms with van der Waals surface area (Å²) >= 11 is 0. The first-order valence-electron chi connectivity index (χ1n) is 10.4. The van der Waals surface area contributed by atoms with Crippen LogP contribution in [-0.4, -0.2) is 52.4 Å². The highest BCUT2D eigenvalue weighted by Crippen LogP contribution is 2.36. The second kappa shape index (κ2) is 7.42. The van der Waals surface area contributed by atoms with Crippen LogP contribution in [0.3, 0.4) is 0 Å². The van der Waals surface area contributed by atoms with Crippen molar-refractivity contribution in [2.24, 2.45) is 13.0 Å². The molecule has 0 aliphatic carbocycles. The second-order valence-corrected chi connectivity index (χ2v) is 10.3. The molecule has 1 aromatic carbocycles. The minimum absolute atomic E-state index is 0.319. The Hall–Kier alpha value is -2.78. The van der Waals surface area contributed by atoms with E-state index in [0.29, 0.717) is 21.7 Å². The molecule has 1 saturated heterocycles. The van der Waals surface area contributed by atoms with Crippen LogP contribution in [0, 0.1) is 12.8 Å². The fraction of sp³-hybridized carbons (Fsp3) is 0.409. The monoisotopic (exact) mass is 439 g/mol. The van der Waals surface area contributed by atoms with Gasteiger partial charge in [-0.1, -0.05) is 11.3 Å². The zero-order valence-electron chi connectivity index (χ0n) is 17.9. The van der Waals surface area contributed by atoms with Gasteiger partial charge in [-0.05, 0) is 43.9 Å². The molecule has 1 aliphatic heterocycles. The van der Waals surface area contributed by atoms with E-state index in [1.807, 2.05) is 26.1 Å². The number of ether oxygens (including phenoxy) is 1. The molecule has 3 aromatic heterocycles.